The monoisotopic (exact) mass is 461 g/mol. The van der Waals surface area contributed by atoms with Gasteiger partial charge < -0.3 is 4.52 Å². The third-order valence-corrected chi connectivity index (χ3v) is 5.92. The van der Waals surface area contributed by atoms with E-state index in [1.807, 2.05) is 0 Å². The van der Waals surface area contributed by atoms with Crippen LogP contribution in [0.4, 0.5) is 22.0 Å². The van der Waals surface area contributed by atoms with E-state index >= 15 is 0 Å². The summed E-state index contributed by atoms with van der Waals surface area (Å²) in [4.78, 5) is 14.8. The lowest BCUT2D eigenvalue weighted by Crippen LogP contribution is -2.32. The molecule has 0 amide bonds. The molecule has 3 aromatic rings. The van der Waals surface area contributed by atoms with Crippen molar-refractivity contribution >= 4 is 15.8 Å². The van der Waals surface area contributed by atoms with E-state index in [0.717, 1.165) is 19.2 Å². The van der Waals surface area contributed by atoms with Gasteiger partial charge in [-0.25, -0.2) is 17.2 Å². The summed E-state index contributed by atoms with van der Waals surface area (Å²) in [5, 5.41) is 3.22. The van der Waals surface area contributed by atoms with Gasteiger partial charge in [-0.05, 0) is 12.1 Å². The molecule has 1 heterocycles. The molecule has 1 aromatic heterocycles. The molecule has 0 saturated carbocycles. The molecule has 0 aliphatic rings. The van der Waals surface area contributed by atoms with Gasteiger partial charge in [-0.2, -0.15) is 22.5 Å². The number of carbonyl (C=O) groups excluding carboxylic acids is 1. The van der Waals surface area contributed by atoms with Crippen LogP contribution >= 0.6 is 0 Å². The topological polar surface area (TPSA) is 93.4 Å². The number of benzene rings is 2. The molecule has 164 valence electrons. The van der Waals surface area contributed by atoms with E-state index in [9.17, 15) is 35.2 Å². The highest BCUT2D eigenvalue weighted by Crippen LogP contribution is 2.29. The molecule has 0 N–H and O–H groups in total. The van der Waals surface area contributed by atoms with E-state index in [4.69, 9.17) is 0 Å². The Balaban J connectivity index is 1.75. The van der Waals surface area contributed by atoms with Crippen molar-refractivity contribution in [1.82, 2.24) is 14.4 Å². The molecule has 7 nitrogen and oxygen atoms in total. The first-order chi connectivity index (χ1) is 14.4. The van der Waals surface area contributed by atoms with Crippen LogP contribution in [0.1, 0.15) is 16.2 Å². The van der Waals surface area contributed by atoms with Crippen LogP contribution in [-0.4, -0.2) is 42.2 Å². The van der Waals surface area contributed by atoms with Gasteiger partial charge in [0.15, 0.2) is 5.78 Å². The molecule has 0 unspecified atom stereocenters. The summed E-state index contributed by atoms with van der Waals surface area (Å²) in [5.41, 5.74) is 0.162. The molecule has 0 atom stereocenters. The molecule has 31 heavy (non-hydrogen) atoms. The molecular weight excluding hydrogens is 449 g/mol. The van der Waals surface area contributed by atoms with Crippen LogP contribution in [0.25, 0.3) is 11.4 Å². The molecule has 0 spiro atoms. The normalized spacial score (nSPS) is 12.4. The van der Waals surface area contributed by atoms with Crippen LogP contribution in [0.3, 0.4) is 0 Å². The molecule has 0 aliphatic carbocycles. The Bertz CT molecular complexity index is 1220. The van der Waals surface area contributed by atoms with Gasteiger partial charge in [0.05, 0.1) is 6.54 Å². The van der Waals surface area contributed by atoms with Gasteiger partial charge in [-0.3, -0.25) is 4.79 Å². The van der Waals surface area contributed by atoms with Gasteiger partial charge in [-0.1, -0.05) is 29.4 Å². The number of hydrogen-bond donors (Lipinski definition) is 0. The van der Waals surface area contributed by atoms with Crippen molar-refractivity contribution in [3.8, 4) is 11.4 Å². The average molecular weight is 461 g/mol. The SMILES string of the molecule is CN(CC(=O)c1ccc(-c2noc(C(F)(F)F)n2)cc1)S(=O)(=O)c1ccc(F)cc1F. The minimum absolute atomic E-state index is 0.0323. The molecule has 0 bridgehead atoms. The summed E-state index contributed by atoms with van der Waals surface area (Å²) in [6.45, 7) is -0.668. The second kappa shape index (κ2) is 8.15. The molecule has 0 radical (unpaired) electrons. The summed E-state index contributed by atoms with van der Waals surface area (Å²) >= 11 is 0. The second-order valence-electron chi connectivity index (χ2n) is 6.26. The number of alkyl halides is 3. The fraction of sp³-hybridized carbons (Fsp3) is 0.167. The van der Waals surface area contributed by atoms with Crippen LogP contribution in [0.15, 0.2) is 51.9 Å². The molecule has 0 aliphatic heterocycles. The van der Waals surface area contributed by atoms with E-state index in [1.165, 1.54) is 24.3 Å². The van der Waals surface area contributed by atoms with Crippen molar-refractivity contribution in [3.63, 3.8) is 0 Å². The predicted octanol–water partition coefficient (Wildman–Crippen LogP) is 3.54. The number of aromatic nitrogens is 2. The number of hydrogen-bond acceptors (Lipinski definition) is 6. The highest BCUT2D eigenvalue weighted by Gasteiger charge is 2.38. The van der Waals surface area contributed by atoms with Crippen LogP contribution in [0.2, 0.25) is 0 Å². The lowest BCUT2D eigenvalue weighted by Gasteiger charge is -2.17. The number of carbonyl (C=O) groups is 1. The van der Waals surface area contributed by atoms with E-state index in [1.54, 1.807) is 0 Å². The van der Waals surface area contributed by atoms with Gasteiger partial charge in [0.1, 0.15) is 16.5 Å². The van der Waals surface area contributed by atoms with E-state index in [0.29, 0.717) is 10.4 Å². The van der Waals surface area contributed by atoms with E-state index < -0.39 is 50.9 Å². The summed E-state index contributed by atoms with van der Waals surface area (Å²) in [6.07, 6.45) is -4.80. The maximum atomic E-state index is 13.8. The molecule has 3 rings (SSSR count). The van der Waals surface area contributed by atoms with Crippen molar-refractivity contribution < 1.29 is 39.7 Å². The number of nitrogens with zero attached hydrogens (tertiary/aromatic N) is 3. The number of Topliss-reactive ketones (excluding diaryl/α,β-unsaturated/α-hetero) is 1. The minimum atomic E-state index is -4.80. The highest BCUT2D eigenvalue weighted by molar-refractivity contribution is 7.89. The van der Waals surface area contributed by atoms with Gasteiger partial charge in [0.25, 0.3) is 0 Å². The van der Waals surface area contributed by atoms with Crippen LogP contribution in [-0.2, 0) is 16.2 Å². The van der Waals surface area contributed by atoms with Gasteiger partial charge in [0, 0.05) is 24.2 Å². The van der Waals surface area contributed by atoms with Crippen molar-refractivity contribution in [1.29, 1.82) is 0 Å². The highest BCUT2D eigenvalue weighted by atomic mass is 32.2. The molecule has 0 saturated heterocycles. The predicted molar refractivity (Wildman–Crippen MR) is 95.2 cm³/mol. The maximum absolute atomic E-state index is 13.8. The second-order valence-corrected chi connectivity index (χ2v) is 8.27. The summed E-state index contributed by atoms with van der Waals surface area (Å²) in [6, 6.07) is 6.91. The smallest absolute Gasteiger partial charge is 0.329 e. The molecule has 13 heteroatoms. The Hall–Kier alpha value is -3.19. The molecule has 0 fully saturated rings. The van der Waals surface area contributed by atoms with Crippen molar-refractivity contribution in [2.24, 2.45) is 0 Å². The van der Waals surface area contributed by atoms with Crippen LogP contribution in [0, 0.1) is 11.6 Å². The van der Waals surface area contributed by atoms with Gasteiger partial charge in [-0.15, -0.1) is 0 Å². The van der Waals surface area contributed by atoms with E-state index in [2.05, 4.69) is 14.7 Å². The first-order valence-electron chi connectivity index (χ1n) is 8.35. The fourth-order valence-corrected chi connectivity index (χ4v) is 3.66. The Labute approximate surface area is 172 Å². The van der Waals surface area contributed by atoms with Crippen LogP contribution in [0.5, 0.6) is 0 Å². The van der Waals surface area contributed by atoms with Crippen molar-refractivity contribution in [2.45, 2.75) is 11.1 Å². The van der Waals surface area contributed by atoms with Crippen LogP contribution < -0.4 is 0 Å². The maximum Gasteiger partial charge on any atom is 0.471 e. The summed E-state index contributed by atoms with van der Waals surface area (Å²) in [5.74, 6) is -4.81. The van der Waals surface area contributed by atoms with E-state index in [-0.39, 0.29) is 17.0 Å². The fourth-order valence-electron chi connectivity index (χ4n) is 2.49. The number of likely N-dealkylation sites (N-methyl/N-ethyl adjacent to an activating group) is 1. The average Bonchev–Trinajstić information content (AvgIpc) is 3.18. The largest absolute Gasteiger partial charge is 0.471 e. The summed E-state index contributed by atoms with van der Waals surface area (Å²) < 4.78 is 94.1. The number of halogens is 5. The zero-order valence-corrected chi connectivity index (χ0v) is 16.3. The number of ketones is 1. The number of sulfonamides is 1. The number of rotatable bonds is 6. The third kappa shape index (κ3) is 4.77. The molecular formula is C18H12F5N3O4S. The Morgan fingerprint density at radius 3 is 2.29 bits per heavy atom. The Kier molecular flexibility index (Phi) is 5.91. The Morgan fingerprint density at radius 2 is 1.74 bits per heavy atom. The van der Waals surface area contributed by atoms with Crippen molar-refractivity contribution in [2.75, 3.05) is 13.6 Å². The lowest BCUT2D eigenvalue weighted by atomic mass is 10.1. The molecule has 2 aromatic carbocycles. The minimum Gasteiger partial charge on any atom is -0.329 e. The van der Waals surface area contributed by atoms with Gasteiger partial charge in [0.2, 0.25) is 15.8 Å². The quantitative estimate of drug-likeness (QED) is 0.412. The zero-order valence-electron chi connectivity index (χ0n) is 15.5. The standard InChI is InChI=1S/C18H12F5N3O4S/c1-26(31(28,29)15-7-6-12(19)8-13(15)20)9-14(27)10-2-4-11(5-3-10)16-24-17(30-25-16)18(21,22)23/h2-8H,9H2,1H3. The van der Waals surface area contributed by atoms with Gasteiger partial charge >= 0.3 is 12.1 Å². The summed E-state index contributed by atoms with van der Waals surface area (Å²) in [7, 11) is -3.38. The zero-order chi connectivity index (χ0) is 23.0. The first-order valence-corrected chi connectivity index (χ1v) is 9.79. The lowest BCUT2D eigenvalue weighted by molar-refractivity contribution is -0.159. The third-order valence-electron chi connectivity index (χ3n) is 4.08. The Morgan fingerprint density at radius 1 is 1.10 bits per heavy atom. The first kappa shape index (κ1) is 22.5. The van der Waals surface area contributed by atoms with Crippen molar-refractivity contribution in [3.05, 3.63) is 65.6 Å².